The van der Waals surface area contributed by atoms with E-state index in [4.69, 9.17) is 14.2 Å². The van der Waals surface area contributed by atoms with Gasteiger partial charge in [0.25, 0.3) is 0 Å². The van der Waals surface area contributed by atoms with Crippen molar-refractivity contribution in [2.75, 3.05) is 0 Å². The largest absolute Gasteiger partial charge is 0.459 e. The molecule has 0 radical (unpaired) electrons. The fraction of sp³-hybridized carbons (Fsp3) is 0.968. The zero-order chi connectivity index (χ0) is 29.4. The van der Waals surface area contributed by atoms with Crippen molar-refractivity contribution < 1.29 is 28.7 Å². The van der Waals surface area contributed by atoms with Crippen LogP contribution in [0.15, 0.2) is 0 Å². The number of thiol groups is 1. The first-order valence-electron chi connectivity index (χ1n) is 16.1. The Morgan fingerprint density at radius 2 is 1.23 bits per heavy atom. The number of rotatable bonds is 28. The molecule has 0 saturated heterocycles. The summed E-state index contributed by atoms with van der Waals surface area (Å²) in [5.41, 5.74) is -2.87. The van der Waals surface area contributed by atoms with Crippen LogP contribution in [-0.2, 0) is 23.6 Å². The lowest BCUT2D eigenvalue weighted by Crippen LogP contribution is -2.42. The van der Waals surface area contributed by atoms with E-state index in [1.165, 1.54) is 103 Å². The van der Waals surface area contributed by atoms with Crippen LogP contribution in [0.5, 0.6) is 0 Å². The maximum absolute atomic E-state index is 12.2. The van der Waals surface area contributed by atoms with Crippen molar-refractivity contribution in [3.05, 3.63) is 0 Å². The highest BCUT2D eigenvalue weighted by Gasteiger charge is 2.41. The second-order valence-corrected chi connectivity index (χ2v) is 13.0. The van der Waals surface area contributed by atoms with Gasteiger partial charge in [0.1, 0.15) is 13.9 Å². The van der Waals surface area contributed by atoms with Crippen LogP contribution < -0.4 is 0 Å². The van der Waals surface area contributed by atoms with Gasteiger partial charge in [0.15, 0.2) is 6.29 Å². The molecule has 0 bridgehead atoms. The van der Waals surface area contributed by atoms with Gasteiger partial charge in [0, 0.05) is 0 Å². The van der Waals surface area contributed by atoms with Crippen molar-refractivity contribution >= 4 is 27.1 Å². The van der Waals surface area contributed by atoms with Crippen LogP contribution in [0.4, 0.5) is 0 Å². The van der Waals surface area contributed by atoms with E-state index < -0.39 is 37.8 Å². The molecule has 0 aromatic carbocycles. The summed E-state index contributed by atoms with van der Waals surface area (Å²) in [5, 5.41) is 10.5. The number of aliphatic hydroxyl groups is 1. The third kappa shape index (κ3) is 21.3. The summed E-state index contributed by atoms with van der Waals surface area (Å²) in [5.74, 6) is -0.526. The van der Waals surface area contributed by atoms with Crippen molar-refractivity contribution in [3.63, 3.8) is 0 Å². The summed E-state index contributed by atoms with van der Waals surface area (Å²) >= 11 is 4.69. The topological polar surface area (TPSA) is 82.1 Å². The molecule has 0 aliphatic carbocycles. The van der Waals surface area contributed by atoms with Gasteiger partial charge in [-0.1, -0.05) is 136 Å². The van der Waals surface area contributed by atoms with Crippen LogP contribution in [0.2, 0.25) is 0 Å². The fourth-order valence-electron chi connectivity index (χ4n) is 4.86. The minimum Gasteiger partial charge on any atom is -0.459 e. The zero-order valence-corrected chi connectivity index (χ0v) is 28.0. The lowest BCUT2D eigenvalue weighted by molar-refractivity contribution is -0.260. The van der Waals surface area contributed by atoms with Crippen molar-refractivity contribution in [2.24, 2.45) is 5.92 Å². The van der Waals surface area contributed by atoms with Gasteiger partial charge in [-0.15, -0.1) is 12.6 Å². The number of hydrogen-bond donors (Lipinski definition) is 2. The average molecular weight is 595 g/mol. The Labute approximate surface area is 247 Å². The molecule has 0 rings (SSSR count). The van der Waals surface area contributed by atoms with Crippen molar-refractivity contribution in [1.82, 2.24) is 0 Å². The SMILES string of the molecule is CCCCCCCCCCCCCC(CCCCCCC)CC(S)OC(CC)OC(O)([PH2]=O)C(=O)OC(C)C. The summed E-state index contributed by atoms with van der Waals surface area (Å²) < 4.78 is 28.2. The Morgan fingerprint density at radius 1 is 0.795 bits per heavy atom. The highest BCUT2D eigenvalue weighted by molar-refractivity contribution is 7.80. The smallest absolute Gasteiger partial charge is 0.374 e. The number of carbonyl (C=O) groups is 1. The predicted molar refractivity (Wildman–Crippen MR) is 168 cm³/mol. The van der Waals surface area contributed by atoms with Crippen molar-refractivity contribution in [3.8, 4) is 0 Å². The molecule has 5 unspecified atom stereocenters. The van der Waals surface area contributed by atoms with Gasteiger partial charge in [0.2, 0.25) is 0 Å². The van der Waals surface area contributed by atoms with Crippen molar-refractivity contribution in [1.29, 1.82) is 0 Å². The lowest BCUT2D eigenvalue weighted by Gasteiger charge is -2.29. The van der Waals surface area contributed by atoms with Crippen LogP contribution in [0.3, 0.4) is 0 Å². The zero-order valence-electron chi connectivity index (χ0n) is 26.0. The second kappa shape index (κ2) is 25.6. The highest BCUT2D eigenvalue weighted by atomic mass is 32.1. The molecule has 0 spiro atoms. The highest BCUT2D eigenvalue weighted by Crippen LogP contribution is 2.30. The van der Waals surface area contributed by atoms with E-state index in [1.54, 1.807) is 13.8 Å². The molecule has 0 aromatic heterocycles. The van der Waals surface area contributed by atoms with E-state index in [9.17, 15) is 14.5 Å². The summed E-state index contributed by atoms with van der Waals surface area (Å²) in [6, 6.07) is 0. The van der Waals surface area contributed by atoms with Crippen LogP contribution in [0.1, 0.15) is 163 Å². The summed E-state index contributed by atoms with van der Waals surface area (Å²) in [4.78, 5) is 12.2. The lowest BCUT2D eigenvalue weighted by atomic mass is 9.91. The first kappa shape index (κ1) is 38.9. The van der Waals surface area contributed by atoms with Crippen LogP contribution in [-0.4, -0.2) is 34.4 Å². The molecule has 5 atom stereocenters. The molecule has 234 valence electrons. The van der Waals surface area contributed by atoms with Gasteiger partial charge < -0.3 is 23.9 Å². The Kier molecular flexibility index (Phi) is 25.6. The molecule has 0 heterocycles. The number of esters is 1. The molecule has 0 fully saturated rings. The molecule has 6 nitrogen and oxygen atoms in total. The van der Waals surface area contributed by atoms with Crippen LogP contribution in [0.25, 0.3) is 0 Å². The maximum Gasteiger partial charge on any atom is 0.374 e. The van der Waals surface area contributed by atoms with Gasteiger partial charge >= 0.3 is 11.5 Å². The molecular weight excluding hydrogens is 531 g/mol. The molecule has 0 aliphatic heterocycles. The van der Waals surface area contributed by atoms with E-state index >= 15 is 0 Å². The Bertz CT molecular complexity index is 593. The monoisotopic (exact) mass is 594 g/mol. The minimum absolute atomic E-state index is 0.383. The van der Waals surface area contributed by atoms with Gasteiger partial charge in [-0.3, -0.25) is 0 Å². The minimum atomic E-state index is -2.48. The van der Waals surface area contributed by atoms with Crippen LogP contribution in [0, 0.1) is 5.92 Å². The molecule has 0 aliphatic rings. The third-order valence-corrected chi connectivity index (χ3v) is 8.24. The summed E-state index contributed by atoms with van der Waals surface area (Å²) in [7, 11) is -1.97. The third-order valence-electron chi connectivity index (χ3n) is 7.22. The first-order chi connectivity index (χ1) is 18.7. The van der Waals surface area contributed by atoms with Gasteiger partial charge in [0.05, 0.1) is 6.10 Å². The summed E-state index contributed by atoms with van der Waals surface area (Å²) in [6.07, 6.45) is 23.2. The van der Waals surface area contributed by atoms with Crippen molar-refractivity contribution in [2.45, 2.75) is 186 Å². The van der Waals surface area contributed by atoms with E-state index in [2.05, 4.69) is 26.5 Å². The Hall–Kier alpha value is -0.0700. The van der Waals surface area contributed by atoms with E-state index in [0.29, 0.717) is 12.3 Å². The molecule has 1 N–H and O–H groups in total. The summed E-state index contributed by atoms with van der Waals surface area (Å²) in [6.45, 7) is 9.66. The normalized spacial score (nSPS) is 16.0. The Morgan fingerprint density at radius 3 is 1.62 bits per heavy atom. The number of hydrogen-bond acceptors (Lipinski definition) is 7. The molecule has 0 amide bonds. The predicted octanol–water partition coefficient (Wildman–Crippen LogP) is 9.43. The standard InChI is InChI=1S/C31H63O6PS/c1-6-9-11-13-14-15-16-17-18-20-22-24-27(23-21-19-12-10-7-2)25-29(39)36-28(8-3)37-31(33,38-34)30(32)35-26(4)5/h26-29,33,39H,6-25,38H2,1-5H3. The van der Waals surface area contributed by atoms with E-state index in [0.717, 1.165) is 19.3 Å². The second-order valence-electron chi connectivity index (χ2n) is 11.4. The molecule has 0 saturated carbocycles. The number of unbranched alkanes of at least 4 members (excludes halogenated alkanes) is 14. The maximum atomic E-state index is 12.2. The average Bonchev–Trinajstić information content (AvgIpc) is 2.90. The Balaban J connectivity index is 4.65. The number of ether oxygens (including phenoxy) is 3. The quantitative estimate of drug-likeness (QED) is 0.0309. The molecule has 39 heavy (non-hydrogen) atoms. The van der Waals surface area contributed by atoms with Gasteiger partial charge in [-0.05, 0) is 32.6 Å². The molecule has 8 heteroatoms. The van der Waals surface area contributed by atoms with E-state index in [-0.39, 0.29) is 0 Å². The van der Waals surface area contributed by atoms with Gasteiger partial charge in [-0.25, -0.2) is 4.79 Å². The molecular formula is C31H63O6PS. The molecule has 0 aromatic rings. The first-order valence-corrected chi connectivity index (χ1v) is 17.7. The van der Waals surface area contributed by atoms with Gasteiger partial charge in [-0.2, -0.15) is 0 Å². The van der Waals surface area contributed by atoms with E-state index in [1.807, 2.05) is 6.92 Å². The van der Waals surface area contributed by atoms with Crippen LogP contribution >= 0.6 is 21.1 Å². The number of carbonyl (C=O) groups excluding carboxylic acids is 1. The fourth-order valence-corrected chi connectivity index (χ4v) is 5.67.